The van der Waals surface area contributed by atoms with E-state index in [2.05, 4.69) is 18.8 Å². The summed E-state index contributed by atoms with van der Waals surface area (Å²) in [6.45, 7) is 6.04. The van der Waals surface area contributed by atoms with Crippen molar-refractivity contribution < 1.29 is 10.0 Å². The zero-order chi connectivity index (χ0) is 10.0. The van der Waals surface area contributed by atoms with Crippen molar-refractivity contribution in [3.8, 4) is 0 Å². The molecule has 0 saturated heterocycles. The molecule has 1 rings (SSSR count). The van der Waals surface area contributed by atoms with Crippen LogP contribution in [0, 0.1) is 6.92 Å². The van der Waals surface area contributed by atoms with E-state index in [9.17, 15) is 0 Å². The van der Waals surface area contributed by atoms with Crippen LogP contribution in [-0.2, 0) is 0 Å². The molecule has 0 amide bonds. The van der Waals surface area contributed by atoms with Gasteiger partial charge in [0.05, 0.1) is 0 Å². The number of hydrogen-bond donors (Lipinski definition) is 2. The summed E-state index contributed by atoms with van der Waals surface area (Å²) in [5.74, 6) is 0.366. The average molecular weight is 179 g/mol. The van der Waals surface area contributed by atoms with Crippen LogP contribution in [0.1, 0.15) is 31.0 Å². The van der Waals surface area contributed by atoms with Crippen molar-refractivity contribution in [3.63, 3.8) is 0 Å². The van der Waals surface area contributed by atoms with E-state index in [1.165, 1.54) is 6.20 Å². The summed E-state index contributed by atoms with van der Waals surface area (Å²) in [6, 6.07) is 1.76. The summed E-state index contributed by atoms with van der Waals surface area (Å²) < 4.78 is 0. The van der Waals surface area contributed by atoms with E-state index >= 15 is 0 Å². The molecule has 0 unspecified atom stereocenters. The highest BCUT2D eigenvalue weighted by molar-refractivity contribution is 6.58. The summed E-state index contributed by atoms with van der Waals surface area (Å²) in [5.41, 5.74) is 2.45. The Balaban J connectivity index is 3.06. The van der Waals surface area contributed by atoms with Crippen LogP contribution in [0.4, 0.5) is 0 Å². The van der Waals surface area contributed by atoms with Gasteiger partial charge in [0.1, 0.15) is 0 Å². The fourth-order valence-corrected chi connectivity index (χ4v) is 1.35. The highest BCUT2D eigenvalue weighted by atomic mass is 16.4. The normalized spacial score (nSPS) is 10.6. The molecule has 13 heavy (non-hydrogen) atoms. The van der Waals surface area contributed by atoms with Crippen molar-refractivity contribution in [3.05, 3.63) is 23.5 Å². The molecule has 0 saturated carbocycles. The number of aromatic nitrogens is 1. The third-order valence-electron chi connectivity index (χ3n) is 1.98. The number of aryl methyl sites for hydroxylation is 1. The minimum atomic E-state index is -1.42. The van der Waals surface area contributed by atoms with Gasteiger partial charge in [0.2, 0.25) is 0 Å². The Bertz CT molecular complexity index is 300. The quantitative estimate of drug-likeness (QED) is 0.637. The van der Waals surface area contributed by atoms with Gasteiger partial charge in [0.15, 0.2) is 0 Å². The first kappa shape index (κ1) is 10.2. The maximum Gasteiger partial charge on any atom is 0.490 e. The predicted molar refractivity (Wildman–Crippen MR) is 52.9 cm³/mol. The van der Waals surface area contributed by atoms with Crippen LogP contribution in [0.5, 0.6) is 0 Å². The minimum absolute atomic E-state index is 0.366. The molecule has 1 aromatic rings. The molecule has 4 heteroatoms. The third kappa shape index (κ3) is 2.29. The number of pyridine rings is 1. The van der Waals surface area contributed by atoms with Gasteiger partial charge in [-0.25, -0.2) is 0 Å². The molecule has 70 valence electrons. The summed E-state index contributed by atoms with van der Waals surface area (Å²) in [7, 11) is -1.42. The van der Waals surface area contributed by atoms with Gasteiger partial charge in [-0.2, -0.15) is 0 Å². The average Bonchev–Trinajstić information content (AvgIpc) is 2.03. The molecule has 0 aliphatic heterocycles. The molecule has 0 aromatic carbocycles. The van der Waals surface area contributed by atoms with E-state index in [4.69, 9.17) is 10.0 Å². The second-order valence-electron chi connectivity index (χ2n) is 3.50. The van der Waals surface area contributed by atoms with Gasteiger partial charge in [0, 0.05) is 17.4 Å². The summed E-state index contributed by atoms with van der Waals surface area (Å²) in [6.07, 6.45) is 1.51. The number of nitrogens with zero attached hydrogens (tertiary/aromatic N) is 1. The smallest absolute Gasteiger partial charge is 0.423 e. The summed E-state index contributed by atoms with van der Waals surface area (Å²) >= 11 is 0. The van der Waals surface area contributed by atoms with Crippen molar-refractivity contribution in [2.75, 3.05) is 0 Å². The fourth-order valence-electron chi connectivity index (χ4n) is 1.35. The molecule has 0 radical (unpaired) electrons. The first-order chi connectivity index (χ1) is 6.02. The van der Waals surface area contributed by atoms with E-state index in [1.54, 1.807) is 6.07 Å². The minimum Gasteiger partial charge on any atom is -0.423 e. The molecular weight excluding hydrogens is 165 g/mol. The molecule has 0 aliphatic carbocycles. The SMILES string of the molecule is Cc1cc(B(O)O)cnc1C(C)C. The zero-order valence-electron chi connectivity index (χ0n) is 8.15. The number of rotatable bonds is 2. The van der Waals surface area contributed by atoms with Crippen molar-refractivity contribution in [2.45, 2.75) is 26.7 Å². The van der Waals surface area contributed by atoms with E-state index in [-0.39, 0.29) is 0 Å². The molecule has 3 nitrogen and oxygen atoms in total. The maximum absolute atomic E-state index is 8.89. The Morgan fingerprint density at radius 1 is 1.38 bits per heavy atom. The fraction of sp³-hybridized carbons (Fsp3) is 0.444. The summed E-state index contributed by atoms with van der Waals surface area (Å²) in [4.78, 5) is 4.18. The molecule has 0 bridgehead atoms. The monoisotopic (exact) mass is 179 g/mol. The van der Waals surface area contributed by atoms with Crippen molar-refractivity contribution in [2.24, 2.45) is 0 Å². The van der Waals surface area contributed by atoms with E-state index in [1.807, 2.05) is 6.92 Å². The van der Waals surface area contributed by atoms with Gasteiger partial charge in [-0.15, -0.1) is 0 Å². The lowest BCUT2D eigenvalue weighted by Crippen LogP contribution is -2.30. The Kier molecular flexibility index (Phi) is 3.06. The third-order valence-corrected chi connectivity index (χ3v) is 1.98. The Labute approximate surface area is 78.6 Å². The van der Waals surface area contributed by atoms with Gasteiger partial charge >= 0.3 is 7.12 Å². The topological polar surface area (TPSA) is 53.4 Å². The largest absolute Gasteiger partial charge is 0.490 e. The first-order valence-electron chi connectivity index (χ1n) is 4.35. The van der Waals surface area contributed by atoms with Gasteiger partial charge < -0.3 is 10.0 Å². The van der Waals surface area contributed by atoms with Crippen LogP contribution in [0.25, 0.3) is 0 Å². The highest BCUT2D eigenvalue weighted by Crippen LogP contribution is 2.14. The van der Waals surface area contributed by atoms with E-state index < -0.39 is 7.12 Å². The van der Waals surface area contributed by atoms with Gasteiger partial charge in [-0.05, 0) is 18.4 Å². The van der Waals surface area contributed by atoms with Crippen molar-refractivity contribution >= 4 is 12.6 Å². The van der Waals surface area contributed by atoms with Gasteiger partial charge in [-0.1, -0.05) is 19.9 Å². The molecule has 0 fully saturated rings. The molecule has 0 spiro atoms. The highest BCUT2D eigenvalue weighted by Gasteiger charge is 2.13. The first-order valence-corrected chi connectivity index (χ1v) is 4.35. The molecular formula is C9H14BNO2. The van der Waals surface area contributed by atoms with Crippen LogP contribution < -0.4 is 5.46 Å². The Morgan fingerprint density at radius 3 is 2.38 bits per heavy atom. The number of hydrogen-bond acceptors (Lipinski definition) is 3. The molecule has 1 heterocycles. The van der Waals surface area contributed by atoms with E-state index in [0.29, 0.717) is 11.4 Å². The van der Waals surface area contributed by atoms with Crippen LogP contribution in [0.2, 0.25) is 0 Å². The van der Waals surface area contributed by atoms with Crippen LogP contribution in [0.15, 0.2) is 12.3 Å². The van der Waals surface area contributed by atoms with E-state index in [0.717, 1.165) is 11.3 Å². The van der Waals surface area contributed by atoms with Crippen LogP contribution >= 0.6 is 0 Å². The second-order valence-corrected chi connectivity index (χ2v) is 3.50. The van der Waals surface area contributed by atoms with Crippen LogP contribution in [-0.4, -0.2) is 22.2 Å². The molecule has 1 aromatic heterocycles. The maximum atomic E-state index is 8.89. The van der Waals surface area contributed by atoms with Gasteiger partial charge in [0.25, 0.3) is 0 Å². The second kappa shape index (κ2) is 3.90. The Morgan fingerprint density at radius 2 is 2.00 bits per heavy atom. The van der Waals surface area contributed by atoms with Crippen molar-refractivity contribution in [1.29, 1.82) is 0 Å². The zero-order valence-corrected chi connectivity index (χ0v) is 8.15. The molecule has 0 aliphatic rings. The van der Waals surface area contributed by atoms with Crippen LogP contribution in [0.3, 0.4) is 0 Å². The molecule has 2 N–H and O–H groups in total. The lowest BCUT2D eigenvalue weighted by molar-refractivity contribution is 0.425. The molecule has 0 atom stereocenters. The summed E-state index contributed by atoms with van der Waals surface area (Å²) in [5, 5.41) is 17.8. The predicted octanol–water partition coefficient (Wildman–Crippen LogP) is 0.193. The Hall–Kier alpha value is -0.865. The lowest BCUT2D eigenvalue weighted by atomic mass is 9.80. The lowest BCUT2D eigenvalue weighted by Gasteiger charge is -2.09. The van der Waals surface area contributed by atoms with Gasteiger partial charge in [-0.3, -0.25) is 4.98 Å². The van der Waals surface area contributed by atoms with Crippen molar-refractivity contribution in [1.82, 2.24) is 4.98 Å². The standard InChI is InChI=1S/C9H14BNO2/c1-6(2)9-7(3)4-8(5-11-9)10(12)13/h4-6,12-13H,1-3H3.